The van der Waals surface area contributed by atoms with Crippen LogP contribution in [-0.2, 0) is 0 Å². The molecule has 2 N–H and O–H groups in total. The zero-order valence-electron chi connectivity index (χ0n) is 9.72. The van der Waals surface area contributed by atoms with E-state index in [1.165, 1.54) is 4.90 Å². The highest BCUT2D eigenvalue weighted by Gasteiger charge is 2.00. The number of unbranched alkanes of at least 4 members (excludes halogenated alkanes) is 2. The lowest BCUT2D eigenvalue weighted by atomic mass is 10.1. The molecule has 0 radical (unpaired) electrons. The van der Waals surface area contributed by atoms with Gasteiger partial charge in [-0.2, -0.15) is 0 Å². The first kappa shape index (κ1) is 13.6. The first-order valence-corrected chi connectivity index (χ1v) is 6.74. The van der Waals surface area contributed by atoms with E-state index < -0.39 is 0 Å². The molecular weight excluding hydrogens is 220 g/mol. The molecular formula is C13H20O2S. The van der Waals surface area contributed by atoms with Crippen LogP contribution < -0.4 is 0 Å². The van der Waals surface area contributed by atoms with Gasteiger partial charge in [0.1, 0.15) is 0 Å². The van der Waals surface area contributed by atoms with Crippen molar-refractivity contribution in [3.63, 3.8) is 0 Å². The number of hydrogen-bond acceptors (Lipinski definition) is 3. The second kappa shape index (κ2) is 7.71. The van der Waals surface area contributed by atoms with Crippen LogP contribution in [0.1, 0.15) is 37.9 Å². The standard InChI is InChI=1S/C13H20O2S/c1-11(15)12-5-7-13(8-6-12)16-10-4-2-3-9-14/h5-8,11,14-15H,2-4,9-10H2,1H3. The molecule has 0 aliphatic rings. The Balaban J connectivity index is 2.27. The quantitative estimate of drug-likeness (QED) is 0.568. The Morgan fingerprint density at radius 3 is 2.38 bits per heavy atom. The number of thioether (sulfide) groups is 1. The second-order valence-corrected chi connectivity index (χ2v) is 5.05. The lowest BCUT2D eigenvalue weighted by Crippen LogP contribution is -1.90. The maximum absolute atomic E-state index is 9.36. The molecule has 0 amide bonds. The summed E-state index contributed by atoms with van der Waals surface area (Å²) in [7, 11) is 0. The van der Waals surface area contributed by atoms with Crippen LogP contribution in [0.25, 0.3) is 0 Å². The van der Waals surface area contributed by atoms with Crippen molar-refractivity contribution in [2.75, 3.05) is 12.4 Å². The van der Waals surface area contributed by atoms with Crippen LogP contribution in [0.3, 0.4) is 0 Å². The molecule has 90 valence electrons. The van der Waals surface area contributed by atoms with Crippen molar-refractivity contribution in [1.82, 2.24) is 0 Å². The molecule has 0 saturated carbocycles. The summed E-state index contributed by atoms with van der Waals surface area (Å²) in [6.07, 6.45) is 2.75. The molecule has 0 saturated heterocycles. The molecule has 0 heterocycles. The number of aliphatic hydroxyl groups is 2. The fourth-order valence-corrected chi connectivity index (χ4v) is 2.34. The van der Waals surface area contributed by atoms with Crippen LogP contribution in [0.2, 0.25) is 0 Å². The molecule has 0 aromatic heterocycles. The number of rotatable bonds is 7. The Morgan fingerprint density at radius 1 is 1.12 bits per heavy atom. The Kier molecular flexibility index (Phi) is 6.53. The van der Waals surface area contributed by atoms with Crippen LogP contribution in [0.4, 0.5) is 0 Å². The first-order valence-electron chi connectivity index (χ1n) is 5.75. The summed E-state index contributed by atoms with van der Waals surface area (Å²) in [5, 5.41) is 18.0. The second-order valence-electron chi connectivity index (χ2n) is 3.88. The average molecular weight is 240 g/mol. The summed E-state index contributed by atoms with van der Waals surface area (Å²) in [5.74, 6) is 1.09. The summed E-state index contributed by atoms with van der Waals surface area (Å²) in [6, 6.07) is 8.05. The normalized spacial score (nSPS) is 12.7. The average Bonchev–Trinajstić information content (AvgIpc) is 2.29. The van der Waals surface area contributed by atoms with E-state index in [-0.39, 0.29) is 6.10 Å². The minimum absolute atomic E-state index is 0.299. The van der Waals surface area contributed by atoms with Crippen molar-refractivity contribution < 1.29 is 10.2 Å². The minimum atomic E-state index is -0.386. The molecule has 1 unspecified atom stereocenters. The van der Waals surface area contributed by atoms with Crippen LogP contribution in [0.15, 0.2) is 29.2 Å². The van der Waals surface area contributed by atoms with Gasteiger partial charge in [0, 0.05) is 11.5 Å². The third-order valence-corrected chi connectivity index (χ3v) is 3.53. The van der Waals surface area contributed by atoms with Crippen LogP contribution in [0, 0.1) is 0 Å². The minimum Gasteiger partial charge on any atom is -0.396 e. The maximum atomic E-state index is 9.36. The summed E-state index contributed by atoms with van der Waals surface area (Å²) < 4.78 is 0. The fourth-order valence-electron chi connectivity index (χ4n) is 1.42. The van der Waals surface area contributed by atoms with Crippen molar-refractivity contribution in [1.29, 1.82) is 0 Å². The van der Waals surface area contributed by atoms with Gasteiger partial charge in [-0.15, -0.1) is 11.8 Å². The van der Waals surface area contributed by atoms with Crippen molar-refractivity contribution in [2.24, 2.45) is 0 Å². The van der Waals surface area contributed by atoms with Gasteiger partial charge >= 0.3 is 0 Å². The van der Waals surface area contributed by atoms with E-state index >= 15 is 0 Å². The van der Waals surface area contributed by atoms with Crippen LogP contribution in [0.5, 0.6) is 0 Å². The molecule has 0 aliphatic carbocycles. The topological polar surface area (TPSA) is 40.5 Å². The monoisotopic (exact) mass is 240 g/mol. The summed E-state index contributed by atoms with van der Waals surface area (Å²) >= 11 is 1.83. The molecule has 1 atom stereocenters. The van der Waals surface area contributed by atoms with Crippen LogP contribution >= 0.6 is 11.8 Å². The molecule has 16 heavy (non-hydrogen) atoms. The highest BCUT2D eigenvalue weighted by molar-refractivity contribution is 7.99. The molecule has 1 rings (SSSR count). The highest BCUT2D eigenvalue weighted by Crippen LogP contribution is 2.22. The van der Waals surface area contributed by atoms with Crippen LogP contribution in [-0.4, -0.2) is 22.6 Å². The first-order chi connectivity index (χ1) is 7.74. The summed E-state index contributed by atoms with van der Waals surface area (Å²) in [5.41, 5.74) is 0.963. The Labute approximate surface area is 102 Å². The predicted octanol–water partition coefficient (Wildman–Crippen LogP) is 2.99. The summed E-state index contributed by atoms with van der Waals surface area (Å²) in [6.45, 7) is 2.07. The Hall–Kier alpha value is -0.510. The SMILES string of the molecule is CC(O)c1ccc(SCCCCCO)cc1. The van der Waals surface area contributed by atoms with E-state index in [4.69, 9.17) is 5.11 Å². The van der Waals surface area contributed by atoms with Gasteiger partial charge in [-0.05, 0) is 43.2 Å². The molecule has 0 spiro atoms. The predicted molar refractivity (Wildman–Crippen MR) is 68.7 cm³/mol. The van der Waals surface area contributed by atoms with E-state index in [9.17, 15) is 5.11 Å². The third-order valence-electron chi connectivity index (χ3n) is 2.43. The van der Waals surface area contributed by atoms with Gasteiger partial charge in [-0.3, -0.25) is 0 Å². The Bertz CT molecular complexity index is 282. The van der Waals surface area contributed by atoms with Gasteiger partial charge in [0.2, 0.25) is 0 Å². The van der Waals surface area contributed by atoms with E-state index in [2.05, 4.69) is 12.1 Å². The molecule has 0 bridgehead atoms. The molecule has 1 aromatic carbocycles. The van der Waals surface area contributed by atoms with Crippen molar-refractivity contribution in [3.05, 3.63) is 29.8 Å². The number of benzene rings is 1. The van der Waals surface area contributed by atoms with Gasteiger partial charge in [-0.1, -0.05) is 18.6 Å². The maximum Gasteiger partial charge on any atom is 0.0761 e. The van der Waals surface area contributed by atoms with Crippen molar-refractivity contribution in [2.45, 2.75) is 37.2 Å². The lowest BCUT2D eigenvalue weighted by molar-refractivity contribution is 0.199. The van der Waals surface area contributed by atoms with Crippen molar-refractivity contribution >= 4 is 11.8 Å². The molecule has 0 fully saturated rings. The van der Waals surface area contributed by atoms with Gasteiger partial charge < -0.3 is 10.2 Å². The van der Waals surface area contributed by atoms with E-state index in [0.717, 1.165) is 30.6 Å². The summed E-state index contributed by atoms with van der Waals surface area (Å²) in [4.78, 5) is 1.24. The molecule has 1 aromatic rings. The molecule has 2 nitrogen and oxygen atoms in total. The van der Waals surface area contributed by atoms with Gasteiger partial charge in [0.15, 0.2) is 0 Å². The largest absolute Gasteiger partial charge is 0.396 e. The molecule has 3 heteroatoms. The van der Waals surface area contributed by atoms with Gasteiger partial charge in [0.05, 0.1) is 6.10 Å². The van der Waals surface area contributed by atoms with Crippen molar-refractivity contribution in [3.8, 4) is 0 Å². The number of hydrogen-bond donors (Lipinski definition) is 2. The smallest absolute Gasteiger partial charge is 0.0761 e. The zero-order chi connectivity index (χ0) is 11.8. The van der Waals surface area contributed by atoms with Gasteiger partial charge in [-0.25, -0.2) is 0 Å². The molecule has 0 aliphatic heterocycles. The third kappa shape index (κ3) is 5.01. The van der Waals surface area contributed by atoms with E-state index in [0.29, 0.717) is 6.61 Å². The zero-order valence-corrected chi connectivity index (χ0v) is 10.5. The number of aliphatic hydroxyl groups excluding tert-OH is 2. The van der Waals surface area contributed by atoms with E-state index in [1.54, 1.807) is 6.92 Å². The fraction of sp³-hybridized carbons (Fsp3) is 0.538. The lowest BCUT2D eigenvalue weighted by Gasteiger charge is -2.06. The highest BCUT2D eigenvalue weighted by atomic mass is 32.2. The van der Waals surface area contributed by atoms with Gasteiger partial charge in [0.25, 0.3) is 0 Å². The Morgan fingerprint density at radius 2 is 1.81 bits per heavy atom. The van der Waals surface area contributed by atoms with E-state index in [1.807, 2.05) is 23.9 Å².